The van der Waals surface area contributed by atoms with Crippen molar-refractivity contribution in [1.82, 2.24) is 0 Å². The van der Waals surface area contributed by atoms with Gasteiger partial charge in [0.25, 0.3) is 0 Å². The van der Waals surface area contributed by atoms with Crippen molar-refractivity contribution in [1.29, 1.82) is 0 Å². The van der Waals surface area contributed by atoms with Gasteiger partial charge >= 0.3 is 0 Å². The second kappa shape index (κ2) is 3.42. The van der Waals surface area contributed by atoms with Gasteiger partial charge in [-0.25, -0.2) is 0 Å². The van der Waals surface area contributed by atoms with Gasteiger partial charge in [-0.05, 0) is 38.0 Å². The molecule has 1 fully saturated rings. The van der Waals surface area contributed by atoms with E-state index < -0.39 is 0 Å². The molecule has 2 aliphatic carbocycles. The Balaban J connectivity index is 2.15. The molecule has 0 amide bonds. The molecule has 2 rings (SSSR count). The van der Waals surface area contributed by atoms with Crippen LogP contribution in [0.25, 0.3) is 0 Å². The Morgan fingerprint density at radius 1 is 1.43 bits per heavy atom. The maximum atomic E-state index is 2.44. The van der Waals surface area contributed by atoms with Crippen LogP contribution in [0.5, 0.6) is 0 Å². The Morgan fingerprint density at radius 3 is 2.93 bits per heavy atom. The van der Waals surface area contributed by atoms with Crippen LogP contribution in [0.2, 0.25) is 0 Å². The summed E-state index contributed by atoms with van der Waals surface area (Å²) in [5.41, 5.74) is 2.17. The smallest absolute Gasteiger partial charge is 0.00338 e. The van der Waals surface area contributed by atoms with E-state index in [4.69, 9.17) is 0 Å². The summed E-state index contributed by atoms with van der Waals surface area (Å²) in [6, 6.07) is 0. The van der Waals surface area contributed by atoms with Crippen LogP contribution < -0.4 is 0 Å². The van der Waals surface area contributed by atoms with E-state index in [9.17, 15) is 0 Å². The fraction of sp³-hybridized carbons (Fsp3) is 0.571. The van der Waals surface area contributed by atoms with Gasteiger partial charge in [0.15, 0.2) is 0 Å². The molecule has 3 atom stereocenters. The molecule has 0 radical (unpaired) electrons. The van der Waals surface area contributed by atoms with Gasteiger partial charge in [-0.2, -0.15) is 0 Å². The lowest BCUT2D eigenvalue weighted by Gasteiger charge is -2.26. The summed E-state index contributed by atoms with van der Waals surface area (Å²) in [6.07, 6.45) is 14.0. The Bertz CT molecular complexity index is 306. The lowest BCUT2D eigenvalue weighted by atomic mass is 9.78. The highest BCUT2D eigenvalue weighted by Gasteiger charge is 2.55. The van der Waals surface area contributed by atoms with Crippen LogP contribution in [0.1, 0.15) is 33.6 Å². The van der Waals surface area contributed by atoms with E-state index in [1.807, 2.05) is 0 Å². The second-order valence-corrected chi connectivity index (χ2v) is 4.98. The maximum absolute atomic E-state index is 2.44. The standard InChI is InChI=1S/C14H20/c1-4-5-6-7-13-11(2)8-9-12-10-14(12,13)3/h4-8,12-13H,9-10H2,1-3H3/b5-4-,7-6+. The van der Waals surface area contributed by atoms with E-state index in [0.29, 0.717) is 11.3 Å². The largest absolute Gasteiger partial charge is 0.0877 e. The molecule has 0 aromatic carbocycles. The first-order valence-electron chi connectivity index (χ1n) is 5.64. The molecule has 2 aliphatic rings. The first-order valence-corrected chi connectivity index (χ1v) is 5.64. The molecule has 0 heterocycles. The molecule has 0 spiro atoms. The number of fused-ring (bicyclic) bond motifs is 1. The van der Waals surface area contributed by atoms with Crippen LogP contribution in [0.4, 0.5) is 0 Å². The van der Waals surface area contributed by atoms with E-state index in [2.05, 4.69) is 51.2 Å². The quantitative estimate of drug-likeness (QED) is 0.452. The Hall–Kier alpha value is -0.780. The van der Waals surface area contributed by atoms with E-state index >= 15 is 0 Å². The molecular formula is C14H20. The fourth-order valence-electron chi connectivity index (χ4n) is 2.84. The van der Waals surface area contributed by atoms with Gasteiger partial charge in [-0.3, -0.25) is 0 Å². The van der Waals surface area contributed by atoms with E-state index in [1.54, 1.807) is 5.57 Å². The molecule has 0 bridgehead atoms. The van der Waals surface area contributed by atoms with Crippen molar-refractivity contribution in [2.45, 2.75) is 33.6 Å². The highest BCUT2D eigenvalue weighted by Crippen LogP contribution is 2.63. The molecule has 0 N–H and O–H groups in total. The average molecular weight is 188 g/mol. The minimum atomic E-state index is 0.594. The minimum Gasteiger partial charge on any atom is -0.0877 e. The summed E-state index contributed by atoms with van der Waals surface area (Å²) >= 11 is 0. The summed E-state index contributed by atoms with van der Waals surface area (Å²) in [6.45, 7) is 6.79. The SMILES string of the molecule is C/C=C\C=C\C1C(C)=CCC2CC21C. The average Bonchev–Trinajstić information content (AvgIpc) is 2.82. The van der Waals surface area contributed by atoms with Crippen molar-refractivity contribution in [3.05, 3.63) is 36.0 Å². The van der Waals surface area contributed by atoms with Crippen LogP contribution in [0.15, 0.2) is 36.0 Å². The van der Waals surface area contributed by atoms with Crippen LogP contribution >= 0.6 is 0 Å². The zero-order valence-corrected chi connectivity index (χ0v) is 9.46. The van der Waals surface area contributed by atoms with Crippen LogP contribution in [-0.2, 0) is 0 Å². The summed E-state index contributed by atoms with van der Waals surface area (Å²) in [5.74, 6) is 1.66. The van der Waals surface area contributed by atoms with Crippen LogP contribution in [-0.4, -0.2) is 0 Å². The predicted molar refractivity (Wildman–Crippen MR) is 62.0 cm³/mol. The predicted octanol–water partition coefficient (Wildman–Crippen LogP) is 4.11. The van der Waals surface area contributed by atoms with Crippen molar-refractivity contribution in [2.24, 2.45) is 17.3 Å². The Labute approximate surface area is 87.4 Å². The summed E-state index contributed by atoms with van der Waals surface area (Å²) in [5, 5.41) is 0. The highest BCUT2D eigenvalue weighted by molar-refractivity contribution is 5.28. The zero-order chi connectivity index (χ0) is 10.2. The summed E-state index contributed by atoms with van der Waals surface area (Å²) in [7, 11) is 0. The molecule has 14 heavy (non-hydrogen) atoms. The van der Waals surface area contributed by atoms with Crippen molar-refractivity contribution in [3.8, 4) is 0 Å². The Morgan fingerprint density at radius 2 is 2.21 bits per heavy atom. The van der Waals surface area contributed by atoms with Gasteiger partial charge < -0.3 is 0 Å². The number of hydrogen-bond donors (Lipinski definition) is 0. The first kappa shape index (κ1) is 9.76. The molecule has 3 unspecified atom stereocenters. The first-order chi connectivity index (χ1) is 6.68. The Kier molecular flexibility index (Phi) is 2.38. The molecule has 0 saturated heterocycles. The third-order valence-corrected chi connectivity index (χ3v) is 3.99. The fourth-order valence-corrected chi connectivity index (χ4v) is 2.84. The number of hydrogen-bond acceptors (Lipinski definition) is 0. The van der Waals surface area contributed by atoms with Gasteiger partial charge in [0.05, 0.1) is 0 Å². The molecule has 0 aliphatic heterocycles. The van der Waals surface area contributed by atoms with Gasteiger partial charge in [-0.15, -0.1) is 0 Å². The molecule has 0 aromatic heterocycles. The summed E-state index contributed by atoms with van der Waals surface area (Å²) in [4.78, 5) is 0. The molecule has 0 aromatic rings. The lowest BCUT2D eigenvalue weighted by molar-refractivity contribution is 0.393. The topological polar surface area (TPSA) is 0 Å². The highest BCUT2D eigenvalue weighted by atomic mass is 14.6. The zero-order valence-electron chi connectivity index (χ0n) is 9.46. The normalized spacial score (nSPS) is 41.5. The minimum absolute atomic E-state index is 0.594. The number of allylic oxidation sites excluding steroid dienone is 6. The molecule has 0 heteroatoms. The maximum Gasteiger partial charge on any atom is 0.00338 e. The number of rotatable bonds is 2. The van der Waals surface area contributed by atoms with Crippen LogP contribution in [0.3, 0.4) is 0 Å². The van der Waals surface area contributed by atoms with Gasteiger partial charge in [0.1, 0.15) is 0 Å². The third kappa shape index (κ3) is 1.47. The van der Waals surface area contributed by atoms with E-state index in [-0.39, 0.29) is 0 Å². The molecule has 76 valence electrons. The van der Waals surface area contributed by atoms with Crippen LogP contribution in [0, 0.1) is 17.3 Å². The summed E-state index contributed by atoms with van der Waals surface area (Å²) < 4.78 is 0. The van der Waals surface area contributed by atoms with E-state index in [0.717, 1.165) is 5.92 Å². The second-order valence-electron chi connectivity index (χ2n) is 4.98. The lowest BCUT2D eigenvalue weighted by Crippen LogP contribution is -2.17. The van der Waals surface area contributed by atoms with Crippen molar-refractivity contribution < 1.29 is 0 Å². The van der Waals surface area contributed by atoms with E-state index in [1.165, 1.54) is 12.8 Å². The van der Waals surface area contributed by atoms with Gasteiger partial charge in [-0.1, -0.05) is 42.9 Å². The van der Waals surface area contributed by atoms with Gasteiger partial charge in [0.2, 0.25) is 0 Å². The third-order valence-electron chi connectivity index (χ3n) is 3.99. The monoisotopic (exact) mass is 188 g/mol. The van der Waals surface area contributed by atoms with Crippen molar-refractivity contribution in [3.63, 3.8) is 0 Å². The van der Waals surface area contributed by atoms with Gasteiger partial charge in [0, 0.05) is 5.92 Å². The molecule has 0 nitrogen and oxygen atoms in total. The molecular weight excluding hydrogens is 168 g/mol. The van der Waals surface area contributed by atoms with Crippen molar-refractivity contribution >= 4 is 0 Å². The molecule has 1 saturated carbocycles. The van der Waals surface area contributed by atoms with Crippen molar-refractivity contribution in [2.75, 3.05) is 0 Å².